The number of carbonyl (C=O) groups excluding carboxylic acids is 2. The van der Waals surface area contributed by atoms with Crippen LogP contribution in [0.25, 0.3) is 0 Å². The van der Waals surface area contributed by atoms with Crippen molar-refractivity contribution in [1.82, 2.24) is 5.32 Å². The van der Waals surface area contributed by atoms with Crippen molar-refractivity contribution < 1.29 is 27.8 Å². The fourth-order valence-corrected chi connectivity index (χ4v) is 2.33. The van der Waals surface area contributed by atoms with Crippen molar-refractivity contribution in [2.45, 2.75) is 64.0 Å². The molecule has 0 aliphatic heterocycles. The summed E-state index contributed by atoms with van der Waals surface area (Å²) in [7, 11) is 1.20. The molecule has 0 spiro atoms. The number of hydrogen-bond acceptors (Lipinski definition) is 4. The highest BCUT2D eigenvalue weighted by molar-refractivity contribution is 5.81. The van der Waals surface area contributed by atoms with E-state index in [4.69, 9.17) is 4.74 Å². The van der Waals surface area contributed by atoms with E-state index >= 15 is 0 Å². The lowest BCUT2D eigenvalue weighted by atomic mass is 9.82. The van der Waals surface area contributed by atoms with Crippen molar-refractivity contribution in [2.24, 2.45) is 5.92 Å². The zero-order valence-electron chi connectivity index (χ0n) is 12.9. The third-order valence-electron chi connectivity index (χ3n) is 3.36. The first-order valence-corrected chi connectivity index (χ1v) is 6.99. The van der Waals surface area contributed by atoms with Gasteiger partial charge in [-0.25, -0.2) is 18.4 Å². The Morgan fingerprint density at radius 2 is 1.76 bits per heavy atom. The number of hydrogen-bond donors (Lipinski definition) is 1. The summed E-state index contributed by atoms with van der Waals surface area (Å²) in [6, 6.07) is -0.957. The Balaban J connectivity index is 2.69. The number of alkyl carbamates (subject to hydrolysis) is 1. The van der Waals surface area contributed by atoms with E-state index in [0.717, 1.165) is 0 Å². The minimum Gasteiger partial charge on any atom is -0.467 e. The highest BCUT2D eigenvalue weighted by Crippen LogP contribution is 2.37. The second kappa shape index (κ2) is 6.58. The van der Waals surface area contributed by atoms with Crippen LogP contribution in [0.4, 0.5) is 13.6 Å². The number of halogens is 2. The zero-order chi connectivity index (χ0) is 16.3. The van der Waals surface area contributed by atoms with E-state index in [9.17, 15) is 18.4 Å². The maximum atomic E-state index is 13.2. The number of nitrogens with one attached hydrogen (secondary N) is 1. The van der Waals surface area contributed by atoms with Crippen LogP contribution in [0.1, 0.15) is 46.5 Å². The first kappa shape index (κ1) is 17.7. The largest absolute Gasteiger partial charge is 0.467 e. The summed E-state index contributed by atoms with van der Waals surface area (Å²) in [5, 5.41) is 2.44. The molecule has 0 aromatic rings. The summed E-state index contributed by atoms with van der Waals surface area (Å²) in [5.41, 5.74) is -0.704. The van der Waals surface area contributed by atoms with E-state index in [1.165, 1.54) is 7.11 Å². The second-order valence-corrected chi connectivity index (χ2v) is 6.34. The number of amides is 1. The van der Waals surface area contributed by atoms with Gasteiger partial charge in [-0.3, -0.25) is 0 Å². The highest BCUT2D eigenvalue weighted by Gasteiger charge is 2.41. The van der Waals surface area contributed by atoms with Gasteiger partial charge in [0, 0.05) is 12.8 Å². The van der Waals surface area contributed by atoms with Crippen LogP contribution in [0.5, 0.6) is 0 Å². The van der Waals surface area contributed by atoms with Gasteiger partial charge in [0.05, 0.1) is 7.11 Å². The highest BCUT2D eigenvalue weighted by atomic mass is 19.3. The molecule has 7 heteroatoms. The standard InChI is InChI=1S/C14H23F2NO4/c1-13(2,3)21-12(19)17-10(11(18)20-4)9-5-7-14(15,16)8-6-9/h9-10H,5-8H2,1-4H3,(H,17,19)/t10-/m0/s1. The van der Waals surface area contributed by atoms with Crippen molar-refractivity contribution in [2.75, 3.05) is 7.11 Å². The molecular weight excluding hydrogens is 284 g/mol. The number of alkyl halides is 2. The monoisotopic (exact) mass is 307 g/mol. The number of rotatable bonds is 3. The van der Waals surface area contributed by atoms with Gasteiger partial charge < -0.3 is 14.8 Å². The Morgan fingerprint density at radius 3 is 2.19 bits per heavy atom. The minimum atomic E-state index is -2.69. The van der Waals surface area contributed by atoms with Crippen LogP contribution in [-0.2, 0) is 14.3 Å². The molecule has 1 amide bonds. The topological polar surface area (TPSA) is 64.6 Å². The second-order valence-electron chi connectivity index (χ2n) is 6.34. The molecule has 1 N–H and O–H groups in total. The van der Waals surface area contributed by atoms with Crippen LogP contribution in [0.15, 0.2) is 0 Å². The summed E-state index contributed by atoms with van der Waals surface area (Å²) in [5.74, 6) is -3.70. The van der Waals surface area contributed by atoms with E-state index in [-0.39, 0.29) is 31.6 Å². The molecule has 1 fully saturated rings. The molecule has 1 aliphatic rings. The lowest BCUT2D eigenvalue weighted by molar-refractivity contribution is -0.146. The Bertz CT molecular complexity index is 383. The molecule has 5 nitrogen and oxygen atoms in total. The average Bonchev–Trinajstić information content (AvgIpc) is 2.33. The van der Waals surface area contributed by atoms with Gasteiger partial charge in [0.2, 0.25) is 5.92 Å². The van der Waals surface area contributed by atoms with Gasteiger partial charge >= 0.3 is 12.1 Å². The molecule has 1 saturated carbocycles. The van der Waals surface area contributed by atoms with Crippen LogP contribution in [0.3, 0.4) is 0 Å². The molecule has 1 atom stereocenters. The minimum absolute atomic E-state index is 0.155. The summed E-state index contributed by atoms with van der Waals surface area (Å²) in [6.07, 6.45) is -1.02. The van der Waals surface area contributed by atoms with E-state index < -0.39 is 29.6 Å². The molecule has 0 aromatic carbocycles. The van der Waals surface area contributed by atoms with Crippen molar-refractivity contribution >= 4 is 12.1 Å². The molecule has 0 saturated heterocycles. The molecular formula is C14H23F2NO4. The molecule has 0 unspecified atom stereocenters. The zero-order valence-corrected chi connectivity index (χ0v) is 12.9. The van der Waals surface area contributed by atoms with Gasteiger partial charge in [-0.2, -0.15) is 0 Å². The molecule has 0 aromatic heterocycles. The molecule has 21 heavy (non-hydrogen) atoms. The number of esters is 1. The molecule has 0 heterocycles. The van der Waals surface area contributed by atoms with Crippen LogP contribution < -0.4 is 5.32 Å². The van der Waals surface area contributed by atoms with Crippen LogP contribution >= 0.6 is 0 Å². The molecule has 1 aliphatic carbocycles. The van der Waals surface area contributed by atoms with E-state index in [1.807, 2.05) is 0 Å². The fraction of sp³-hybridized carbons (Fsp3) is 0.857. The normalized spacial score (nSPS) is 20.5. The van der Waals surface area contributed by atoms with Crippen LogP contribution in [0, 0.1) is 5.92 Å². The van der Waals surface area contributed by atoms with Crippen LogP contribution in [-0.4, -0.2) is 36.7 Å². The Labute approximate surface area is 123 Å². The van der Waals surface area contributed by atoms with E-state index in [2.05, 4.69) is 10.1 Å². The Hall–Kier alpha value is -1.40. The fourth-order valence-electron chi connectivity index (χ4n) is 2.33. The summed E-state index contributed by atoms with van der Waals surface area (Å²) in [6.45, 7) is 5.09. The number of carbonyl (C=O) groups is 2. The quantitative estimate of drug-likeness (QED) is 0.814. The third kappa shape index (κ3) is 5.85. The summed E-state index contributed by atoms with van der Waals surface area (Å²) in [4.78, 5) is 23.6. The third-order valence-corrected chi connectivity index (χ3v) is 3.36. The first-order chi connectivity index (χ1) is 9.54. The van der Waals surface area contributed by atoms with E-state index in [1.54, 1.807) is 20.8 Å². The van der Waals surface area contributed by atoms with Gasteiger partial charge in [0.25, 0.3) is 0 Å². The molecule has 0 radical (unpaired) electrons. The predicted octanol–water partition coefficient (Wildman–Crippen LogP) is 2.88. The molecule has 122 valence electrons. The first-order valence-electron chi connectivity index (χ1n) is 6.99. The Morgan fingerprint density at radius 1 is 1.24 bits per heavy atom. The van der Waals surface area contributed by atoms with Crippen molar-refractivity contribution in [3.63, 3.8) is 0 Å². The van der Waals surface area contributed by atoms with Gasteiger partial charge in [0.15, 0.2) is 0 Å². The van der Waals surface area contributed by atoms with Gasteiger partial charge in [-0.15, -0.1) is 0 Å². The van der Waals surface area contributed by atoms with Crippen molar-refractivity contribution in [1.29, 1.82) is 0 Å². The van der Waals surface area contributed by atoms with Gasteiger partial charge in [0.1, 0.15) is 11.6 Å². The number of ether oxygens (including phenoxy) is 2. The summed E-state index contributed by atoms with van der Waals surface area (Å²) >= 11 is 0. The maximum Gasteiger partial charge on any atom is 0.408 e. The summed E-state index contributed by atoms with van der Waals surface area (Å²) < 4.78 is 36.1. The van der Waals surface area contributed by atoms with Gasteiger partial charge in [-0.05, 0) is 39.5 Å². The molecule has 0 bridgehead atoms. The smallest absolute Gasteiger partial charge is 0.408 e. The average molecular weight is 307 g/mol. The van der Waals surface area contributed by atoms with Crippen molar-refractivity contribution in [3.05, 3.63) is 0 Å². The number of methoxy groups -OCH3 is 1. The lowest BCUT2D eigenvalue weighted by Crippen LogP contribution is -2.49. The SMILES string of the molecule is COC(=O)[C@@H](NC(=O)OC(C)(C)C)C1CCC(F)(F)CC1. The van der Waals surface area contributed by atoms with E-state index in [0.29, 0.717) is 0 Å². The maximum absolute atomic E-state index is 13.2. The Kier molecular flexibility index (Phi) is 5.53. The van der Waals surface area contributed by atoms with Gasteiger partial charge in [-0.1, -0.05) is 0 Å². The lowest BCUT2D eigenvalue weighted by Gasteiger charge is -2.33. The van der Waals surface area contributed by atoms with Crippen molar-refractivity contribution in [3.8, 4) is 0 Å². The van der Waals surface area contributed by atoms with Crippen LogP contribution in [0.2, 0.25) is 0 Å². The molecule has 1 rings (SSSR count). The predicted molar refractivity (Wildman–Crippen MR) is 72.1 cm³/mol.